The molecule has 2 heterocycles. The van der Waals surface area contributed by atoms with E-state index in [0.717, 1.165) is 40.7 Å². The number of amides is 1. The van der Waals surface area contributed by atoms with E-state index < -0.39 is 34.2 Å². The molecule has 36 heavy (non-hydrogen) atoms. The molecule has 1 aliphatic heterocycles. The van der Waals surface area contributed by atoms with Crippen molar-refractivity contribution in [3.8, 4) is 17.0 Å². The summed E-state index contributed by atoms with van der Waals surface area (Å²) in [6.45, 7) is 0.133. The fraction of sp³-hybridized carbons (Fsp3) is 0.261. The normalized spacial score (nSPS) is 16.6. The van der Waals surface area contributed by atoms with Crippen molar-refractivity contribution in [2.24, 2.45) is 0 Å². The molecule has 0 radical (unpaired) electrons. The van der Waals surface area contributed by atoms with Gasteiger partial charge in [0.25, 0.3) is 0 Å². The average molecular weight is 524 g/mol. The maximum atomic E-state index is 13.2. The molecule has 0 aliphatic carbocycles. The maximum absolute atomic E-state index is 13.2. The molecule has 0 bridgehead atoms. The second kappa shape index (κ2) is 10.2. The highest BCUT2D eigenvalue weighted by Gasteiger charge is 2.39. The van der Waals surface area contributed by atoms with E-state index in [1.54, 1.807) is 6.07 Å². The van der Waals surface area contributed by atoms with Gasteiger partial charge in [0.15, 0.2) is 0 Å². The minimum absolute atomic E-state index is 0.0233. The molecule has 1 amide bonds. The lowest BCUT2D eigenvalue weighted by Gasteiger charge is -2.23. The minimum atomic E-state index is -4.80. The number of halogens is 4. The summed E-state index contributed by atoms with van der Waals surface area (Å²) in [5, 5.41) is 2.68. The molecule has 8 nitrogen and oxygen atoms in total. The molecule has 0 saturated carbocycles. The minimum Gasteiger partial charge on any atom is -0.406 e. The zero-order valence-electron chi connectivity index (χ0n) is 18.6. The summed E-state index contributed by atoms with van der Waals surface area (Å²) in [6.07, 6.45) is -2.73. The van der Waals surface area contributed by atoms with Crippen LogP contribution in [-0.4, -0.2) is 47.5 Å². The molecule has 1 saturated heterocycles. The van der Waals surface area contributed by atoms with Gasteiger partial charge in [-0.25, -0.2) is 22.8 Å². The lowest BCUT2D eigenvalue weighted by Crippen LogP contribution is -2.45. The monoisotopic (exact) mass is 524 g/mol. The van der Waals surface area contributed by atoms with Crippen molar-refractivity contribution in [3.05, 3.63) is 72.4 Å². The second-order valence-electron chi connectivity index (χ2n) is 7.91. The predicted octanol–water partition coefficient (Wildman–Crippen LogP) is 3.65. The number of hydrogen-bond donors (Lipinski definition) is 1. The number of ether oxygens (including phenoxy) is 1. The summed E-state index contributed by atoms with van der Waals surface area (Å²) >= 11 is 0. The molecule has 13 heteroatoms. The molecular weight excluding hydrogens is 504 g/mol. The van der Waals surface area contributed by atoms with E-state index in [1.807, 2.05) is 0 Å². The van der Waals surface area contributed by atoms with Gasteiger partial charge in [-0.15, -0.1) is 13.2 Å². The van der Waals surface area contributed by atoms with E-state index in [-0.39, 0.29) is 23.7 Å². The summed E-state index contributed by atoms with van der Waals surface area (Å²) in [5.74, 6) is -1.45. The first-order valence-corrected chi connectivity index (χ1v) is 12.2. The van der Waals surface area contributed by atoms with Gasteiger partial charge < -0.3 is 10.1 Å². The third-order valence-electron chi connectivity index (χ3n) is 5.48. The first-order valence-electron chi connectivity index (χ1n) is 10.8. The Morgan fingerprint density at radius 1 is 1.08 bits per heavy atom. The maximum Gasteiger partial charge on any atom is 0.573 e. The van der Waals surface area contributed by atoms with Crippen molar-refractivity contribution in [2.75, 3.05) is 6.54 Å². The lowest BCUT2D eigenvalue weighted by atomic mass is 10.1. The molecule has 3 aromatic rings. The molecule has 1 atom stereocenters. The third-order valence-corrected chi connectivity index (χ3v) is 7.40. The van der Waals surface area contributed by atoms with Gasteiger partial charge in [0.2, 0.25) is 15.9 Å². The Morgan fingerprint density at radius 2 is 1.78 bits per heavy atom. The van der Waals surface area contributed by atoms with Gasteiger partial charge in [0.05, 0.1) is 22.8 Å². The SMILES string of the molecule is O=C(NCc1cc(-c2ccc(OC(F)(F)F)cc2)ncn1)[C@@H]1CCCN1S(=O)(=O)c1ccc(F)cc1. The number of aromatic nitrogens is 2. The van der Waals surface area contributed by atoms with Crippen molar-refractivity contribution in [3.63, 3.8) is 0 Å². The van der Waals surface area contributed by atoms with Gasteiger partial charge in [-0.3, -0.25) is 4.79 Å². The number of carbonyl (C=O) groups excluding carboxylic acids is 1. The second-order valence-corrected chi connectivity index (χ2v) is 9.80. The Labute approximate surface area is 204 Å². The van der Waals surface area contributed by atoms with Crippen molar-refractivity contribution in [1.82, 2.24) is 19.6 Å². The third kappa shape index (κ3) is 5.97. The standard InChI is InChI=1S/C23H20F4N4O4S/c24-16-5-9-19(10-6-16)36(33,34)31-11-1-2-21(31)22(32)28-13-17-12-20(30-14-29-17)15-3-7-18(8-4-15)35-23(25,26)27/h3-10,12,14,21H,1-2,11,13H2,(H,28,32)/t21-/m0/s1. The van der Waals surface area contributed by atoms with Crippen LogP contribution in [0.2, 0.25) is 0 Å². The van der Waals surface area contributed by atoms with Crippen LogP contribution in [0.15, 0.2) is 65.8 Å². The zero-order chi connectivity index (χ0) is 25.9. The highest BCUT2D eigenvalue weighted by atomic mass is 32.2. The quantitative estimate of drug-likeness (QED) is 0.474. The van der Waals surface area contributed by atoms with E-state index in [1.165, 1.54) is 18.5 Å². The van der Waals surface area contributed by atoms with Crippen molar-refractivity contribution >= 4 is 15.9 Å². The van der Waals surface area contributed by atoms with Gasteiger partial charge in [-0.1, -0.05) is 0 Å². The van der Waals surface area contributed by atoms with Gasteiger partial charge in [-0.05, 0) is 67.4 Å². The molecule has 1 aliphatic rings. The van der Waals surface area contributed by atoms with E-state index in [4.69, 9.17) is 0 Å². The largest absolute Gasteiger partial charge is 0.573 e. The van der Waals surface area contributed by atoms with Crippen LogP contribution in [-0.2, 0) is 21.4 Å². The van der Waals surface area contributed by atoms with Gasteiger partial charge >= 0.3 is 6.36 Å². The molecule has 0 unspecified atom stereocenters. The van der Waals surface area contributed by atoms with Gasteiger partial charge in [-0.2, -0.15) is 4.31 Å². The Morgan fingerprint density at radius 3 is 2.44 bits per heavy atom. The topological polar surface area (TPSA) is 101 Å². The first kappa shape index (κ1) is 25.5. The predicted molar refractivity (Wildman–Crippen MR) is 119 cm³/mol. The number of carbonyl (C=O) groups is 1. The number of rotatable bonds is 7. The van der Waals surface area contributed by atoms with Crippen LogP contribution in [0, 0.1) is 5.82 Å². The van der Waals surface area contributed by atoms with Crippen LogP contribution in [0.1, 0.15) is 18.5 Å². The smallest absolute Gasteiger partial charge is 0.406 e. The molecule has 0 spiro atoms. The Bertz CT molecular complexity index is 1330. The summed E-state index contributed by atoms with van der Waals surface area (Å²) in [4.78, 5) is 20.9. The Kier molecular flexibility index (Phi) is 7.22. The lowest BCUT2D eigenvalue weighted by molar-refractivity contribution is -0.274. The van der Waals surface area contributed by atoms with Gasteiger partial charge in [0, 0.05) is 12.1 Å². The van der Waals surface area contributed by atoms with E-state index in [9.17, 15) is 30.8 Å². The van der Waals surface area contributed by atoms with Crippen molar-refractivity contribution < 1.29 is 35.5 Å². The molecule has 2 aromatic carbocycles. The molecule has 190 valence electrons. The van der Waals surface area contributed by atoms with E-state index in [0.29, 0.717) is 29.8 Å². The fourth-order valence-corrected chi connectivity index (χ4v) is 5.46. The van der Waals surface area contributed by atoms with Crippen LogP contribution >= 0.6 is 0 Å². The number of nitrogens with one attached hydrogen (secondary N) is 1. The summed E-state index contributed by atoms with van der Waals surface area (Å²) in [6, 6.07) is 10.1. The van der Waals surface area contributed by atoms with E-state index >= 15 is 0 Å². The number of nitrogens with zero attached hydrogens (tertiary/aromatic N) is 3. The van der Waals surface area contributed by atoms with Crippen LogP contribution in [0.5, 0.6) is 5.75 Å². The highest BCUT2D eigenvalue weighted by molar-refractivity contribution is 7.89. The van der Waals surface area contributed by atoms with Crippen molar-refractivity contribution in [1.29, 1.82) is 0 Å². The highest BCUT2D eigenvalue weighted by Crippen LogP contribution is 2.27. The number of benzene rings is 2. The number of sulfonamides is 1. The molecule has 1 aromatic heterocycles. The molecule has 4 rings (SSSR count). The number of alkyl halides is 3. The average Bonchev–Trinajstić information content (AvgIpc) is 3.34. The Hall–Kier alpha value is -3.58. The molecular formula is C23H20F4N4O4S. The fourth-order valence-electron chi connectivity index (χ4n) is 3.81. The van der Waals surface area contributed by atoms with Crippen LogP contribution < -0.4 is 10.1 Å². The molecule has 1 N–H and O–H groups in total. The zero-order valence-corrected chi connectivity index (χ0v) is 19.4. The summed E-state index contributed by atoms with van der Waals surface area (Å²) < 4.78 is 81.1. The summed E-state index contributed by atoms with van der Waals surface area (Å²) in [7, 11) is -3.99. The Balaban J connectivity index is 1.42. The number of hydrogen-bond acceptors (Lipinski definition) is 6. The first-order chi connectivity index (χ1) is 17.0. The summed E-state index contributed by atoms with van der Waals surface area (Å²) in [5.41, 5.74) is 1.33. The van der Waals surface area contributed by atoms with Gasteiger partial charge in [0.1, 0.15) is 23.9 Å². The molecule has 1 fully saturated rings. The van der Waals surface area contributed by atoms with Crippen LogP contribution in [0.4, 0.5) is 17.6 Å². The van der Waals surface area contributed by atoms with Crippen molar-refractivity contribution in [2.45, 2.75) is 36.7 Å². The van der Waals surface area contributed by atoms with Crippen LogP contribution in [0.25, 0.3) is 11.3 Å². The van der Waals surface area contributed by atoms with E-state index in [2.05, 4.69) is 20.0 Å². The van der Waals surface area contributed by atoms with Crippen LogP contribution in [0.3, 0.4) is 0 Å².